The van der Waals surface area contributed by atoms with E-state index >= 15 is 0 Å². The molecule has 0 radical (unpaired) electrons. The van der Waals surface area contributed by atoms with Gasteiger partial charge in [0.05, 0.1) is 15.7 Å². The predicted octanol–water partition coefficient (Wildman–Crippen LogP) is 4.67. The molecule has 0 atom stereocenters. The van der Waals surface area contributed by atoms with Crippen molar-refractivity contribution in [2.45, 2.75) is 6.92 Å². The van der Waals surface area contributed by atoms with E-state index in [1.165, 1.54) is 0 Å². The molecule has 1 N–H and O–H groups in total. The first-order valence-corrected chi connectivity index (χ1v) is 7.43. The molecule has 2 aromatic heterocycles. The van der Waals surface area contributed by atoms with Crippen molar-refractivity contribution in [3.05, 3.63) is 57.6 Å². The number of nitrogens with one attached hydrogen (secondary N) is 1. The molecule has 22 heavy (non-hydrogen) atoms. The summed E-state index contributed by atoms with van der Waals surface area (Å²) in [6.45, 7) is 1.79. The Bertz CT molecular complexity index is 794. The molecule has 0 spiro atoms. The van der Waals surface area contributed by atoms with Gasteiger partial charge in [0.15, 0.2) is 5.82 Å². The van der Waals surface area contributed by atoms with Crippen molar-refractivity contribution in [3.63, 3.8) is 0 Å². The summed E-state index contributed by atoms with van der Waals surface area (Å²) in [5.41, 5.74) is 0.539. The van der Waals surface area contributed by atoms with E-state index in [9.17, 15) is 0 Å². The van der Waals surface area contributed by atoms with Crippen LogP contribution in [0.1, 0.15) is 5.82 Å². The highest BCUT2D eigenvalue weighted by molar-refractivity contribution is 6.41. The number of hydrogen-bond acceptors (Lipinski definition) is 4. The first kappa shape index (κ1) is 15.1. The third kappa shape index (κ3) is 3.16. The van der Waals surface area contributed by atoms with Gasteiger partial charge in [-0.2, -0.15) is 5.10 Å². The van der Waals surface area contributed by atoms with E-state index in [0.29, 0.717) is 38.2 Å². The van der Waals surface area contributed by atoms with Crippen molar-refractivity contribution in [1.82, 2.24) is 19.7 Å². The number of benzene rings is 1. The number of halogens is 3. The minimum atomic E-state index is 0.411. The summed E-state index contributed by atoms with van der Waals surface area (Å²) in [4.78, 5) is 8.67. The zero-order valence-corrected chi connectivity index (χ0v) is 13.7. The van der Waals surface area contributed by atoms with Crippen LogP contribution in [-0.2, 0) is 0 Å². The summed E-state index contributed by atoms with van der Waals surface area (Å²) in [6.07, 6.45) is 3.48. The van der Waals surface area contributed by atoms with Crippen LogP contribution in [0.15, 0.2) is 36.7 Å². The fourth-order valence-electron chi connectivity index (χ4n) is 1.93. The molecule has 3 aromatic rings. The quantitative estimate of drug-likeness (QED) is 0.742. The first-order chi connectivity index (χ1) is 10.5. The van der Waals surface area contributed by atoms with E-state index in [2.05, 4.69) is 20.4 Å². The van der Waals surface area contributed by atoms with Crippen molar-refractivity contribution in [2.24, 2.45) is 0 Å². The summed E-state index contributed by atoms with van der Waals surface area (Å²) in [6, 6.07) is 6.79. The van der Waals surface area contributed by atoms with Crippen molar-refractivity contribution < 1.29 is 0 Å². The minimum absolute atomic E-state index is 0.411. The fourth-order valence-corrected chi connectivity index (χ4v) is 2.84. The van der Waals surface area contributed by atoms with E-state index in [1.54, 1.807) is 42.2 Å². The molecule has 8 heteroatoms. The van der Waals surface area contributed by atoms with Gasteiger partial charge < -0.3 is 5.32 Å². The second-order valence-electron chi connectivity index (χ2n) is 4.48. The fraction of sp³-hybridized carbons (Fsp3) is 0.0714. The molecular weight excluding hydrogens is 345 g/mol. The number of hydrogen-bond donors (Lipinski definition) is 1. The average Bonchev–Trinajstić information content (AvgIpc) is 2.96. The third-order valence-corrected chi connectivity index (χ3v) is 3.64. The molecule has 0 saturated heterocycles. The van der Waals surface area contributed by atoms with Gasteiger partial charge in [0.25, 0.3) is 0 Å². The Balaban J connectivity index is 2.00. The van der Waals surface area contributed by atoms with Crippen molar-refractivity contribution >= 4 is 46.3 Å². The second kappa shape index (κ2) is 6.12. The Morgan fingerprint density at radius 3 is 2.41 bits per heavy atom. The lowest BCUT2D eigenvalue weighted by atomic mass is 10.3. The monoisotopic (exact) mass is 353 g/mol. The maximum Gasteiger partial charge on any atom is 0.159 e. The third-order valence-electron chi connectivity index (χ3n) is 2.82. The highest BCUT2D eigenvalue weighted by Gasteiger charge is 2.11. The molecule has 0 unspecified atom stereocenters. The highest BCUT2D eigenvalue weighted by Crippen LogP contribution is 2.35. The van der Waals surface area contributed by atoms with E-state index in [-0.39, 0.29) is 0 Å². The number of aromatic nitrogens is 4. The summed E-state index contributed by atoms with van der Waals surface area (Å²) >= 11 is 18.3. The van der Waals surface area contributed by atoms with E-state index in [0.717, 1.165) is 0 Å². The van der Waals surface area contributed by atoms with Crippen molar-refractivity contribution in [2.75, 3.05) is 5.32 Å². The Kier molecular flexibility index (Phi) is 4.20. The molecule has 2 heterocycles. The van der Waals surface area contributed by atoms with E-state index < -0.39 is 0 Å². The lowest BCUT2D eigenvalue weighted by molar-refractivity contribution is 0.830. The van der Waals surface area contributed by atoms with Gasteiger partial charge in [0.2, 0.25) is 0 Å². The van der Waals surface area contributed by atoms with Crippen molar-refractivity contribution in [3.8, 4) is 5.82 Å². The average molecular weight is 355 g/mol. The van der Waals surface area contributed by atoms with E-state index in [1.807, 2.05) is 6.07 Å². The van der Waals surface area contributed by atoms with Crippen LogP contribution >= 0.6 is 34.8 Å². The summed E-state index contributed by atoms with van der Waals surface area (Å²) in [5.74, 6) is 1.79. The second-order valence-corrected chi connectivity index (χ2v) is 5.73. The van der Waals surface area contributed by atoms with Crippen LogP contribution < -0.4 is 5.32 Å². The molecule has 0 bridgehead atoms. The van der Waals surface area contributed by atoms with Gasteiger partial charge in [0, 0.05) is 23.5 Å². The largest absolute Gasteiger partial charge is 0.338 e. The molecule has 112 valence electrons. The number of rotatable bonds is 3. The molecule has 0 aliphatic carbocycles. The highest BCUT2D eigenvalue weighted by atomic mass is 35.5. The Morgan fingerprint density at radius 1 is 1.05 bits per heavy atom. The zero-order chi connectivity index (χ0) is 15.7. The summed E-state index contributed by atoms with van der Waals surface area (Å²) < 4.78 is 1.64. The maximum absolute atomic E-state index is 6.17. The van der Waals surface area contributed by atoms with Crippen molar-refractivity contribution in [1.29, 1.82) is 0 Å². The predicted molar refractivity (Wildman–Crippen MR) is 88.6 cm³/mol. The van der Waals surface area contributed by atoms with E-state index in [4.69, 9.17) is 34.8 Å². The van der Waals surface area contributed by atoms with Gasteiger partial charge in [-0.3, -0.25) is 0 Å². The first-order valence-electron chi connectivity index (χ1n) is 6.30. The Morgan fingerprint density at radius 2 is 1.77 bits per heavy atom. The molecule has 0 saturated carbocycles. The lowest BCUT2D eigenvalue weighted by Crippen LogP contribution is -2.04. The molecule has 3 rings (SSSR count). The smallest absolute Gasteiger partial charge is 0.159 e. The minimum Gasteiger partial charge on any atom is -0.338 e. The van der Waals surface area contributed by atoms with Gasteiger partial charge in [-0.1, -0.05) is 34.8 Å². The van der Waals surface area contributed by atoms with Gasteiger partial charge in [-0.05, 0) is 25.1 Å². The number of aryl methyl sites for hydroxylation is 1. The number of nitrogens with zero attached hydrogens (tertiary/aromatic N) is 4. The van der Waals surface area contributed by atoms with Gasteiger partial charge in [0.1, 0.15) is 11.6 Å². The maximum atomic E-state index is 6.17. The summed E-state index contributed by atoms with van der Waals surface area (Å²) in [7, 11) is 0. The zero-order valence-electron chi connectivity index (χ0n) is 11.4. The van der Waals surface area contributed by atoms with Crippen LogP contribution in [0.2, 0.25) is 15.1 Å². The van der Waals surface area contributed by atoms with Gasteiger partial charge >= 0.3 is 0 Å². The molecule has 0 aliphatic rings. The normalized spacial score (nSPS) is 10.7. The number of anilines is 2. The van der Waals surface area contributed by atoms with Crippen LogP contribution in [0, 0.1) is 6.92 Å². The summed E-state index contributed by atoms with van der Waals surface area (Å²) in [5, 5.41) is 8.54. The molecule has 1 aromatic carbocycles. The molecule has 0 fully saturated rings. The molecule has 5 nitrogen and oxygen atoms in total. The molecule has 0 amide bonds. The van der Waals surface area contributed by atoms with Crippen LogP contribution in [-0.4, -0.2) is 19.7 Å². The SMILES string of the molecule is Cc1nc(Nc2c(Cl)cc(Cl)cc2Cl)cc(-n2cccn2)n1. The lowest BCUT2D eigenvalue weighted by Gasteiger charge is -2.12. The Labute approximate surface area is 141 Å². The van der Waals surface area contributed by atoms with Gasteiger partial charge in [-0.15, -0.1) is 0 Å². The van der Waals surface area contributed by atoms with Crippen LogP contribution in [0.5, 0.6) is 0 Å². The van der Waals surface area contributed by atoms with Crippen LogP contribution in [0.25, 0.3) is 5.82 Å². The Hall–Kier alpha value is -1.82. The van der Waals surface area contributed by atoms with Gasteiger partial charge in [-0.25, -0.2) is 14.6 Å². The molecule has 0 aliphatic heterocycles. The van der Waals surface area contributed by atoms with Crippen LogP contribution in [0.3, 0.4) is 0 Å². The van der Waals surface area contributed by atoms with Crippen LogP contribution in [0.4, 0.5) is 11.5 Å². The molecular formula is C14H10Cl3N5. The standard InChI is InChI=1S/C14H10Cl3N5/c1-8-19-12(7-13(20-8)22-4-2-3-18-22)21-14-10(16)5-9(15)6-11(14)17/h2-7H,1H3,(H,19,20,21). The topological polar surface area (TPSA) is 55.6 Å².